The molecule has 190 valence electrons. The summed E-state index contributed by atoms with van der Waals surface area (Å²) in [5.41, 5.74) is 0.823. The van der Waals surface area contributed by atoms with E-state index < -0.39 is 10.0 Å². The lowest BCUT2D eigenvalue weighted by Gasteiger charge is -2.42. The summed E-state index contributed by atoms with van der Waals surface area (Å²) in [6.45, 7) is 0. The van der Waals surface area contributed by atoms with E-state index in [4.69, 9.17) is 4.99 Å². The molecule has 1 N–H and O–H groups in total. The number of fused-ring (bicyclic) bond motifs is 1. The van der Waals surface area contributed by atoms with Gasteiger partial charge < -0.3 is 5.11 Å². The van der Waals surface area contributed by atoms with E-state index in [2.05, 4.69) is 115 Å². The van der Waals surface area contributed by atoms with Crippen molar-refractivity contribution in [2.75, 3.05) is 0 Å². The van der Waals surface area contributed by atoms with Gasteiger partial charge in [0.25, 0.3) is 0 Å². The molecule has 0 atom stereocenters. The number of nitrogens with zero attached hydrogens (tertiary/aromatic N) is 1. The van der Waals surface area contributed by atoms with Crippen LogP contribution >= 0.6 is 10.0 Å². The summed E-state index contributed by atoms with van der Waals surface area (Å²) in [6, 6.07) is 43.0. The van der Waals surface area contributed by atoms with E-state index in [0.29, 0.717) is 11.8 Å². The van der Waals surface area contributed by atoms with Gasteiger partial charge in [-0.2, -0.15) is 0 Å². The van der Waals surface area contributed by atoms with Crippen LogP contribution in [0.15, 0.2) is 146 Å². The highest BCUT2D eigenvalue weighted by Gasteiger charge is 2.36. The first-order chi connectivity index (χ1) is 18.8. The fourth-order valence-corrected chi connectivity index (χ4v) is 9.75. The SMILES string of the molecule is Oc1c(S(c2ccccc2)(c2ccccc2)c2ccccc2)cc2ccccc2c1C=NC1CCCCC1. The molecule has 1 aliphatic rings. The Labute approximate surface area is 227 Å². The Bertz CT molecular complexity index is 1440. The Morgan fingerprint density at radius 1 is 0.632 bits per heavy atom. The van der Waals surface area contributed by atoms with Crippen molar-refractivity contribution in [2.45, 2.75) is 57.7 Å². The van der Waals surface area contributed by atoms with Crippen molar-refractivity contribution in [2.24, 2.45) is 4.99 Å². The zero-order valence-electron chi connectivity index (χ0n) is 21.5. The number of phenolic OH excluding ortho intramolecular Hbond substituents is 1. The second-order valence-corrected chi connectivity index (χ2v) is 13.1. The fraction of sp³-hybridized carbons (Fsp3) is 0.171. The summed E-state index contributed by atoms with van der Waals surface area (Å²) in [5, 5.41) is 14.4. The minimum atomic E-state index is -2.01. The number of aromatic hydroxyl groups is 1. The van der Waals surface area contributed by atoms with Crippen LogP contribution in [-0.2, 0) is 0 Å². The third kappa shape index (κ3) is 4.41. The van der Waals surface area contributed by atoms with E-state index in [0.717, 1.165) is 34.1 Å². The van der Waals surface area contributed by atoms with Crippen LogP contribution in [0.4, 0.5) is 0 Å². The minimum absolute atomic E-state index is 0.329. The molecule has 0 amide bonds. The highest BCUT2D eigenvalue weighted by Crippen LogP contribution is 2.75. The van der Waals surface area contributed by atoms with Crippen LogP contribution in [0.2, 0.25) is 0 Å². The van der Waals surface area contributed by atoms with E-state index >= 15 is 0 Å². The third-order valence-electron chi connectivity index (χ3n) is 7.64. The molecule has 0 heterocycles. The summed E-state index contributed by atoms with van der Waals surface area (Å²) in [4.78, 5) is 9.56. The lowest BCUT2D eigenvalue weighted by Crippen LogP contribution is -2.10. The van der Waals surface area contributed by atoms with Crippen molar-refractivity contribution < 1.29 is 5.11 Å². The Balaban J connectivity index is 1.69. The monoisotopic (exact) mass is 515 g/mol. The summed E-state index contributed by atoms with van der Waals surface area (Å²) < 4.78 is 0. The summed E-state index contributed by atoms with van der Waals surface area (Å²) in [7, 11) is -2.01. The van der Waals surface area contributed by atoms with Crippen LogP contribution in [0, 0.1) is 0 Å². The van der Waals surface area contributed by atoms with Crippen LogP contribution in [0.25, 0.3) is 10.8 Å². The molecule has 0 radical (unpaired) electrons. The number of aliphatic imine (C=N–C) groups is 1. The zero-order valence-corrected chi connectivity index (χ0v) is 22.4. The summed E-state index contributed by atoms with van der Waals surface area (Å²) in [6.07, 6.45) is 7.98. The van der Waals surface area contributed by atoms with Gasteiger partial charge in [0.1, 0.15) is 5.75 Å². The summed E-state index contributed by atoms with van der Waals surface area (Å²) in [5.74, 6) is 0.329. The molecule has 1 fully saturated rings. The van der Waals surface area contributed by atoms with E-state index in [-0.39, 0.29) is 0 Å². The third-order valence-corrected chi connectivity index (χ3v) is 11.5. The molecule has 0 aliphatic heterocycles. The van der Waals surface area contributed by atoms with Crippen LogP contribution in [0.1, 0.15) is 37.7 Å². The zero-order chi connectivity index (χ0) is 25.8. The number of rotatable bonds is 6. The molecule has 0 bridgehead atoms. The molecule has 0 aromatic heterocycles. The van der Waals surface area contributed by atoms with Crippen molar-refractivity contribution >= 4 is 27.0 Å². The van der Waals surface area contributed by atoms with Gasteiger partial charge >= 0.3 is 0 Å². The topological polar surface area (TPSA) is 32.6 Å². The molecule has 38 heavy (non-hydrogen) atoms. The van der Waals surface area contributed by atoms with Crippen LogP contribution in [0.3, 0.4) is 0 Å². The molecule has 1 aliphatic carbocycles. The molecule has 0 saturated heterocycles. The first-order valence-corrected chi connectivity index (χ1v) is 15.2. The smallest absolute Gasteiger partial charge is 0.137 e. The molecule has 3 heteroatoms. The molecule has 0 spiro atoms. The first kappa shape index (κ1) is 24.5. The van der Waals surface area contributed by atoms with Crippen molar-refractivity contribution in [1.82, 2.24) is 0 Å². The molecule has 5 aromatic rings. The average Bonchev–Trinajstić information content (AvgIpc) is 3.00. The van der Waals surface area contributed by atoms with Crippen LogP contribution in [-0.4, -0.2) is 17.4 Å². The molecule has 2 nitrogen and oxygen atoms in total. The molecule has 6 rings (SSSR count). The van der Waals surface area contributed by atoms with Gasteiger partial charge in [0.05, 0.1) is 0 Å². The van der Waals surface area contributed by atoms with Crippen LogP contribution < -0.4 is 0 Å². The van der Waals surface area contributed by atoms with Crippen molar-refractivity contribution in [3.8, 4) is 5.75 Å². The van der Waals surface area contributed by atoms with Gasteiger partial charge in [-0.1, -0.05) is 98.1 Å². The van der Waals surface area contributed by atoms with Crippen LogP contribution in [0.5, 0.6) is 5.75 Å². The second kappa shape index (κ2) is 10.9. The lowest BCUT2D eigenvalue weighted by atomic mass is 9.96. The van der Waals surface area contributed by atoms with Gasteiger partial charge in [0.15, 0.2) is 0 Å². The highest BCUT2D eigenvalue weighted by molar-refractivity contribution is 8.34. The lowest BCUT2D eigenvalue weighted by molar-refractivity contribution is 0.443. The molecular weight excluding hydrogens is 482 g/mol. The Hall–Kier alpha value is -3.82. The maximum atomic E-state index is 12.3. The quantitative estimate of drug-likeness (QED) is 0.224. The fourth-order valence-electron chi connectivity index (χ4n) is 5.78. The van der Waals surface area contributed by atoms with E-state index in [9.17, 15) is 5.11 Å². The minimum Gasteiger partial charge on any atom is -0.506 e. The number of hydrogen-bond donors (Lipinski definition) is 1. The standard InChI is InChI=1S/C35H33NOS/c37-35-33(26-36-28-16-5-1-6-17-28)32-24-14-13-15-27(32)25-34(35)38(29-18-7-2-8-19-29,30-20-9-3-10-21-30)31-22-11-4-12-23-31/h2-4,7-15,18-26,28,37H,1,5-6,16-17H2. The number of hydrogen-bond acceptors (Lipinski definition) is 2. The van der Waals surface area contributed by atoms with E-state index in [1.807, 2.05) is 12.3 Å². The second-order valence-electron chi connectivity index (χ2n) is 9.98. The molecule has 5 aromatic carbocycles. The molecule has 1 saturated carbocycles. The van der Waals surface area contributed by atoms with Gasteiger partial charge in [0.2, 0.25) is 0 Å². The Morgan fingerprint density at radius 3 is 1.68 bits per heavy atom. The normalized spacial score (nSPS) is 15.2. The van der Waals surface area contributed by atoms with Crippen molar-refractivity contribution in [3.05, 3.63) is 127 Å². The van der Waals surface area contributed by atoms with Gasteiger partial charge in [0, 0.05) is 37.4 Å². The molecular formula is C35H33NOS. The predicted molar refractivity (Wildman–Crippen MR) is 160 cm³/mol. The highest BCUT2D eigenvalue weighted by atomic mass is 32.3. The Kier molecular flexibility index (Phi) is 7.02. The van der Waals surface area contributed by atoms with Gasteiger partial charge in [-0.25, -0.2) is 0 Å². The first-order valence-electron chi connectivity index (χ1n) is 13.5. The van der Waals surface area contributed by atoms with Gasteiger partial charge in [-0.15, -0.1) is 10.0 Å². The predicted octanol–water partition coefficient (Wildman–Crippen LogP) is 9.64. The van der Waals surface area contributed by atoms with E-state index in [1.54, 1.807) is 0 Å². The average molecular weight is 516 g/mol. The summed E-state index contributed by atoms with van der Waals surface area (Å²) >= 11 is 0. The maximum Gasteiger partial charge on any atom is 0.137 e. The maximum absolute atomic E-state index is 12.3. The number of phenols is 1. The molecule has 0 unspecified atom stereocenters. The Morgan fingerprint density at radius 2 is 1.13 bits per heavy atom. The largest absolute Gasteiger partial charge is 0.506 e. The number of benzene rings is 5. The van der Waals surface area contributed by atoms with Gasteiger partial charge in [-0.05, 0) is 66.1 Å². The van der Waals surface area contributed by atoms with Crippen molar-refractivity contribution in [1.29, 1.82) is 0 Å². The van der Waals surface area contributed by atoms with Crippen molar-refractivity contribution in [3.63, 3.8) is 0 Å². The van der Waals surface area contributed by atoms with Gasteiger partial charge in [-0.3, -0.25) is 4.99 Å². The van der Waals surface area contributed by atoms with E-state index in [1.165, 1.54) is 33.9 Å².